The van der Waals surface area contributed by atoms with Crippen LogP contribution in [0.2, 0.25) is 0 Å². The van der Waals surface area contributed by atoms with Crippen molar-refractivity contribution in [3.8, 4) is 0 Å². The minimum absolute atomic E-state index is 0.128. The summed E-state index contributed by atoms with van der Waals surface area (Å²) in [6.07, 6.45) is 4.98. The Morgan fingerprint density at radius 1 is 1.32 bits per heavy atom. The van der Waals surface area contributed by atoms with Crippen molar-refractivity contribution in [3.05, 3.63) is 34.1 Å². The molecule has 1 amide bonds. The first-order chi connectivity index (χ1) is 13.5. The topological polar surface area (TPSA) is 75.9 Å². The summed E-state index contributed by atoms with van der Waals surface area (Å²) in [5.74, 6) is 0.339. The summed E-state index contributed by atoms with van der Waals surface area (Å²) in [7, 11) is 2.11. The van der Waals surface area contributed by atoms with Gasteiger partial charge in [-0.15, -0.1) is 11.3 Å². The monoisotopic (exact) mass is 396 g/mol. The van der Waals surface area contributed by atoms with Gasteiger partial charge in [-0.1, -0.05) is 0 Å². The SMILES string of the molecule is CC(C)n1ncc2c(C(=O)Nc3nc4c(s3)CN(C)CC4)cc(C3CC3)nc21. The van der Waals surface area contributed by atoms with E-state index in [1.165, 1.54) is 4.88 Å². The Kier molecular flexibility index (Phi) is 4.21. The predicted octanol–water partition coefficient (Wildman–Crippen LogP) is 3.59. The molecule has 0 spiro atoms. The van der Waals surface area contributed by atoms with Crippen LogP contribution in [0.15, 0.2) is 12.3 Å². The van der Waals surface area contributed by atoms with Gasteiger partial charge in [-0.25, -0.2) is 14.6 Å². The Bertz CT molecular complexity index is 1060. The van der Waals surface area contributed by atoms with Crippen LogP contribution in [0, 0.1) is 0 Å². The third-order valence-electron chi connectivity index (χ3n) is 5.46. The Hall–Kier alpha value is -2.32. The molecule has 5 rings (SSSR count). The highest BCUT2D eigenvalue weighted by Crippen LogP contribution is 2.40. The maximum Gasteiger partial charge on any atom is 0.258 e. The first-order valence-electron chi connectivity index (χ1n) is 9.86. The van der Waals surface area contributed by atoms with Crippen molar-refractivity contribution in [1.29, 1.82) is 0 Å². The van der Waals surface area contributed by atoms with Crippen LogP contribution in [-0.2, 0) is 13.0 Å². The number of nitrogens with zero attached hydrogens (tertiary/aromatic N) is 5. The van der Waals surface area contributed by atoms with Crippen LogP contribution >= 0.6 is 11.3 Å². The summed E-state index contributed by atoms with van der Waals surface area (Å²) in [6.45, 7) is 6.06. The van der Waals surface area contributed by atoms with Gasteiger partial charge >= 0.3 is 0 Å². The summed E-state index contributed by atoms with van der Waals surface area (Å²) in [6, 6.07) is 2.14. The fourth-order valence-electron chi connectivity index (χ4n) is 3.73. The summed E-state index contributed by atoms with van der Waals surface area (Å²) >= 11 is 1.58. The smallest absolute Gasteiger partial charge is 0.258 e. The number of likely N-dealkylation sites (N-methyl/N-ethyl adjacent to an activating group) is 1. The average Bonchev–Trinajstić information content (AvgIpc) is 3.29. The van der Waals surface area contributed by atoms with E-state index in [1.54, 1.807) is 17.5 Å². The molecule has 0 unspecified atom stereocenters. The number of thiazole rings is 1. The van der Waals surface area contributed by atoms with Gasteiger partial charge in [-0.2, -0.15) is 5.10 Å². The number of rotatable bonds is 4. The van der Waals surface area contributed by atoms with Gasteiger partial charge in [-0.3, -0.25) is 10.1 Å². The standard InChI is InChI=1S/C20H24N6OS/c1-11(2)26-18-14(9-21-26)13(8-16(22-18)12-4-5-12)19(27)24-20-23-15-6-7-25(3)10-17(15)28-20/h8-9,11-12H,4-7,10H2,1-3H3,(H,23,24,27). The van der Waals surface area contributed by atoms with E-state index in [-0.39, 0.29) is 11.9 Å². The molecule has 0 bridgehead atoms. The third-order valence-corrected chi connectivity index (χ3v) is 6.46. The van der Waals surface area contributed by atoms with Crippen LogP contribution in [0.1, 0.15) is 65.3 Å². The van der Waals surface area contributed by atoms with Crippen LogP contribution in [0.3, 0.4) is 0 Å². The van der Waals surface area contributed by atoms with Crippen molar-refractivity contribution in [2.75, 3.05) is 18.9 Å². The maximum absolute atomic E-state index is 13.2. The molecule has 1 saturated carbocycles. The molecule has 0 aromatic carbocycles. The molecule has 0 atom stereocenters. The van der Waals surface area contributed by atoms with Gasteiger partial charge in [0, 0.05) is 42.0 Å². The molecular formula is C20H24N6OS. The predicted molar refractivity (Wildman–Crippen MR) is 110 cm³/mol. The molecule has 2 aliphatic rings. The number of carbonyl (C=O) groups is 1. The lowest BCUT2D eigenvalue weighted by molar-refractivity contribution is 0.102. The molecule has 4 heterocycles. The highest BCUT2D eigenvalue weighted by molar-refractivity contribution is 7.15. The van der Waals surface area contributed by atoms with Crippen molar-refractivity contribution in [1.82, 2.24) is 24.6 Å². The molecule has 28 heavy (non-hydrogen) atoms. The molecule has 0 saturated heterocycles. The van der Waals surface area contributed by atoms with Gasteiger partial charge < -0.3 is 4.90 Å². The number of anilines is 1. The normalized spacial score (nSPS) is 17.3. The van der Waals surface area contributed by atoms with Gasteiger partial charge in [0.15, 0.2) is 10.8 Å². The van der Waals surface area contributed by atoms with Crippen molar-refractivity contribution >= 4 is 33.4 Å². The molecule has 7 nitrogen and oxygen atoms in total. The van der Waals surface area contributed by atoms with Crippen LogP contribution in [0.25, 0.3) is 11.0 Å². The second-order valence-electron chi connectivity index (χ2n) is 8.12. The van der Waals surface area contributed by atoms with Crippen molar-refractivity contribution in [2.24, 2.45) is 0 Å². The van der Waals surface area contributed by atoms with Gasteiger partial charge in [0.2, 0.25) is 0 Å². The number of aromatic nitrogens is 4. The van der Waals surface area contributed by atoms with Crippen molar-refractivity contribution in [3.63, 3.8) is 0 Å². The number of amides is 1. The van der Waals surface area contributed by atoms with E-state index in [9.17, 15) is 4.79 Å². The molecule has 8 heteroatoms. The van der Waals surface area contributed by atoms with Gasteiger partial charge in [0.25, 0.3) is 5.91 Å². The number of pyridine rings is 1. The third kappa shape index (κ3) is 3.10. The zero-order valence-electron chi connectivity index (χ0n) is 16.4. The Balaban J connectivity index is 1.50. The quantitative estimate of drug-likeness (QED) is 0.729. The summed E-state index contributed by atoms with van der Waals surface area (Å²) in [5, 5.41) is 9.00. The highest BCUT2D eigenvalue weighted by Gasteiger charge is 2.28. The lowest BCUT2D eigenvalue weighted by Gasteiger charge is -2.20. The van der Waals surface area contributed by atoms with Gasteiger partial charge in [-0.05, 0) is 39.8 Å². The number of hydrogen-bond acceptors (Lipinski definition) is 6. The van der Waals surface area contributed by atoms with Gasteiger partial charge in [0.05, 0.1) is 22.8 Å². The van der Waals surface area contributed by atoms with E-state index in [0.29, 0.717) is 16.6 Å². The van der Waals surface area contributed by atoms with E-state index in [4.69, 9.17) is 4.98 Å². The molecule has 3 aromatic rings. The minimum Gasteiger partial charge on any atom is -0.301 e. The number of nitrogens with one attached hydrogen (secondary N) is 1. The number of carbonyl (C=O) groups excluding carboxylic acids is 1. The van der Waals surface area contributed by atoms with Gasteiger partial charge in [0.1, 0.15) is 0 Å². The summed E-state index contributed by atoms with van der Waals surface area (Å²) < 4.78 is 1.90. The molecule has 3 aromatic heterocycles. The van der Waals surface area contributed by atoms with Crippen LogP contribution in [0.4, 0.5) is 5.13 Å². The van der Waals surface area contributed by atoms with Crippen LogP contribution in [-0.4, -0.2) is 44.1 Å². The number of hydrogen-bond donors (Lipinski definition) is 1. The first-order valence-corrected chi connectivity index (χ1v) is 10.7. The molecule has 1 aliphatic carbocycles. The maximum atomic E-state index is 13.2. The van der Waals surface area contributed by atoms with E-state index in [0.717, 1.165) is 54.8 Å². The lowest BCUT2D eigenvalue weighted by atomic mass is 10.1. The molecule has 0 radical (unpaired) electrons. The molecule has 1 fully saturated rings. The lowest BCUT2D eigenvalue weighted by Crippen LogP contribution is -2.25. The van der Waals surface area contributed by atoms with Crippen LogP contribution < -0.4 is 5.32 Å². The molecule has 146 valence electrons. The Morgan fingerprint density at radius 2 is 2.14 bits per heavy atom. The second kappa shape index (κ2) is 6.63. The largest absolute Gasteiger partial charge is 0.301 e. The average molecular weight is 397 g/mol. The van der Waals surface area contributed by atoms with Crippen molar-refractivity contribution < 1.29 is 4.79 Å². The Labute approximate surface area is 167 Å². The zero-order valence-corrected chi connectivity index (χ0v) is 17.2. The zero-order chi connectivity index (χ0) is 19.4. The summed E-state index contributed by atoms with van der Waals surface area (Å²) in [4.78, 5) is 26.2. The molecular weight excluding hydrogens is 372 g/mol. The van der Waals surface area contributed by atoms with Crippen molar-refractivity contribution in [2.45, 2.75) is 51.6 Å². The van der Waals surface area contributed by atoms with E-state index in [1.807, 2.05) is 10.7 Å². The fraction of sp³-hybridized carbons (Fsp3) is 0.500. The fourth-order valence-corrected chi connectivity index (χ4v) is 4.82. The first kappa shape index (κ1) is 17.8. The van der Waals surface area contributed by atoms with E-state index >= 15 is 0 Å². The number of fused-ring (bicyclic) bond motifs is 2. The van der Waals surface area contributed by atoms with E-state index < -0.39 is 0 Å². The second-order valence-corrected chi connectivity index (χ2v) is 9.20. The minimum atomic E-state index is -0.128. The molecule has 1 aliphatic heterocycles. The summed E-state index contributed by atoms with van der Waals surface area (Å²) in [5.41, 5.74) is 3.55. The Morgan fingerprint density at radius 3 is 2.89 bits per heavy atom. The van der Waals surface area contributed by atoms with E-state index in [2.05, 4.69) is 41.2 Å². The molecule has 1 N–H and O–H groups in total. The van der Waals surface area contributed by atoms with Crippen LogP contribution in [0.5, 0.6) is 0 Å². The highest BCUT2D eigenvalue weighted by atomic mass is 32.1.